The van der Waals surface area contributed by atoms with E-state index in [1.807, 2.05) is 20.2 Å². The minimum atomic E-state index is -0.0144. The Labute approximate surface area is 140 Å². The number of rotatable bonds is 5. The molecule has 1 fully saturated rings. The Balaban J connectivity index is 1.43. The molecule has 24 heavy (non-hydrogen) atoms. The van der Waals surface area contributed by atoms with Crippen molar-refractivity contribution in [3.63, 3.8) is 0 Å². The Hall–Kier alpha value is -2.48. The van der Waals surface area contributed by atoms with Crippen molar-refractivity contribution in [2.45, 2.75) is 25.9 Å². The Morgan fingerprint density at radius 3 is 2.79 bits per heavy atom. The van der Waals surface area contributed by atoms with E-state index >= 15 is 0 Å². The number of ether oxygens (including phenoxy) is 1. The number of nitrogens with zero attached hydrogens (tertiary/aromatic N) is 5. The Kier molecular flexibility index (Phi) is 5.05. The van der Waals surface area contributed by atoms with Crippen molar-refractivity contribution >= 4 is 11.6 Å². The predicted molar refractivity (Wildman–Crippen MR) is 88.7 cm³/mol. The second kappa shape index (κ2) is 7.39. The van der Waals surface area contributed by atoms with Crippen LogP contribution in [0.5, 0.6) is 5.88 Å². The van der Waals surface area contributed by atoms with Crippen LogP contribution in [0.1, 0.15) is 18.5 Å². The van der Waals surface area contributed by atoms with Crippen LogP contribution in [0.3, 0.4) is 0 Å². The van der Waals surface area contributed by atoms with Gasteiger partial charge in [0, 0.05) is 38.7 Å². The molecule has 8 nitrogen and oxygen atoms in total. The fourth-order valence-electron chi connectivity index (χ4n) is 2.82. The number of amides is 1. The Morgan fingerprint density at radius 2 is 2.17 bits per heavy atom. The fraction of sp³-hybridized carbons (Fsp3) is 0.500. The first kappa shape index (κ1) is 16.4. The van der Waals surface area contributed by atoms with Gasteiger partial charge in [0.1, 0.15) is 6.10 Å². The average Bonchev–Trinajstić information content (AvgIpc) is 2.87. The lowest BCUT2D eigenvalue weighted by atomic mass is 10.1. The summed E-state index contributed by atoms with van der Waals surface area (Å²) in [5, 5.41) is 7.14. The summed E-state index contributed by atoms with van der Waals surface area (Å²) in [5.74, 6) is 0.542. The summed E-state index contributed by atoms with van der Waals surface area (Å²) in [6.07, 6.45) is 8.55. The molecule has 0 spiro atoms. The van der Waals surface area contributed by atoms with Gasteiger partial charge in [-0.25, -0.2) is 4.98 Å². The van der Waals surface area contributed by atoms with Gasteiger partial charge in [0.2, 0.25) is 11.8 Å². The maximum atomic E-state index is 12.2. The van der Waals surface area contributed by atoms with Gasteiger partial charge in [-0.3, -0.25) is 19.4 Å². The van der Waals surface area contributed by atoms with Crippen molar-refractivity contribution in [2.24, 2.45) is 7.05 Å². The highest BCUT2D eigenvalue weighted by atomic mass is 16.5. The van der Waals surface area contributed by atoms with E-state index in [1.165, 1.54) is 0 Å². The van der Waals surface area contributed by atoms with Crippen LogP contribution in [0.25, 0.3) is 0 Å². The van der Waals surface area contributed by atoms with Crippen molar-refractivity contribution in [3.8, 4) is 5.88 Å². The predicted octanol–water partition coefficient (Wildman–Crippen LogP) is 1.00. The molecule has 2 aromatic rings. The molecule has 3 rings (SSSR count). The van der Waals surface area contributed by atoms with E-state index in [9.17, 15) is 4.79 Å². The molecule has 1 N–H and O–H groups in total. The number of hydrogen-bond donors (Lipinski definition) is 1. The molecule has 3 heterocycles. The smallest absolute Gasteiger partial charge is 0.238 e. The van der Waals surface area contributed by atoms with Crippen molar-refractivity contribution in [1.82, 2.24) is 24.6 Å². The standard InChI is InChI=1S/C16H22N6O2/c1-12-14(10-21(2)20-12)19-15(23)11-22-7-3-13(4-8-22)24-16-9-17-5-6-18-16/h5-6,9-10,13H,3-4,7-8,11H2,1-2H3,(H,19,23). The third-order valence-corrected chi connectivity index (χ3v) is 4.02. The highest BCUT2D eigenvalue weighted by Gasteiger charge is 2.22. The van der Waals surface area contributed by atoms with Crippen molar-refractivity contribution in [1.29, 1.82) is 0 Å². The Bertz CT molecular complexity index is 679. The molecule has 1 saturated heterocycles. The van der Waals surface area contributed by atoms with Gasteiger partial charge in [-0.15, -0.1) is 0 Å². The molecule has 0 aliphatic carbocycles. The van der Waals surface area contributed by atoms with Gasteiger partial charge in [0.05, 0.1) is 24.1 Å². The van der Waals surface area contributed by atoms with E-state index in [-0.39, 0.29) is 12.0 Å². The number of likely N-dealkylation sites (tertiary alicyclic amines) is 1. The van der Waals surface area contributed by atoms with Crippen LogP contribution >= 0.6 is 0 Å². The minimum Gasteiger partial charge on any atom is -0.473 e. The highest BCUT2D eigenvalue weighted by Crippen LogP contribution is 2.17. The van der Waals surface area contributed by atoms with Crippen LogP contribution < -0.4 is 10.1 Å². The number of carbonyl (C=O) groups is 1. The summed E-state index contributed by atoms with van der Waals surface area (Å²) in [5.41, 5.74) is 1.59. The molecule has 0 atom stereocenters. The summed E-state index contributed by atoms with van der Waals surface area (Å²) in [4.78, 5) is 22.4. The molecule has 0 unspecified atom stereocenters. The fourth-order valence-corrected chi connectivity index (χ4v) is 2.82. The van der Waals surface area contributed by atoms with E-state index in [0.717, 1.165) is 37.3 Å². The van der Waals surface area contributed by atoms with Crippen LogP contribution in [-0.4, -0.2) is 56.3 Å². The molecule has 128 valence electrons. The van der Waals surface area contributed by atoms with Crippen molar-refractivity contribution < 1.29 is 9.53 Å². The largest absolute Gasteiger partial charge is 0.473 e. The van der Waals surface area contributed by atoms with E-state index in [1.54, 1.807) is 23.3 Å². The van der Waals surface area contributed by atoms with Crippen LogP contribution in [0.2, 0.25) is 0 Å². The van der Waals surface area contributed by atoms with E-state index in [4.69, 9.17) is 4.74 Å². The van der Waals surface area contributed by atoms with Crippen molar-refractivity contribution in [2.75, 3.05) is 25.0 Å². The minimum absolute atomic E-state index is 0.0144. The number of hydrogen-bond acceptors (Lipinski definition) is 6. The van der Waals surface area contributed by atoms with Crippen LogP contribution in [0.4, 0.5) is 5.69 Å². The lowest BCUT2D eigenvalue weighted by Crippen LogP contribution is -2.42. The second-order valence-corrected chi connectivity index (χ2v) is 5.99. The third kappa shape index (κ3) is 4.29. The molecular weight excluding hydrogens is 308 g/mol. The first-order valence-electron chi connectivity index (χ1n) is 8.05. The average molecular weight is 330 g/mol. The zero-order valence-electron chi connectivity index (χ0n) is 14.0. The van der Waals surface area contributed by atoms with Gasteiger partial charge < -0.3 is 10.1 Å². The number of piperidine rings is 1. The molecule has 1 amide bonds. The zero-order chi connectivity index (χ0) is 16.9. The first-order valence-corrected chi connectivity index (χ1v) is 8.05. The molecule has 0 bridgehead atoms. The molecule has 0 saturated carbocycles. The maximum absolute atomic E-state index is 12.2. The highest BCUT2D eigenvalue weighted by molar-refractivity contribution is 5.92. The van der Waals surface area contributed by atoms with Crippen LogP contribution in [0, 0.1) is 6.92 Å². The molecule has 8 heteroatoms. The summed E-state index contributed by atoms with van der Waals surface area (Å²) in [7, 11) is 1.84. The molecule has 2 aromatic heterocycles. The van der Waals surface area contributed by atoms with E-state index in [0.29, 0.717) is 12.4 Å². The van der Waals surface area contributed by atoms with Gasteiger partial charge in [0.25, 0.3) is 0 Å². The number of nitrogens with one attached hydrogen (secondary N) is 1. The number of anilines is 1. The molecule has 0 aromatic carbocycles. The SMILES string of the molecule is Cc1nn(C)cc1NC(=O)CN1CCC(Oc2cnccn2)CC1. The number of carbonyl (C=O) groups excluding carboxylic acids is 1. The van der Waals surface area contributed by atoms with E-state index in [2.05, 4.69) is 25.3 Å². The molecular formula is C16H22N6O2. The van der Waals surface area contributed by atoms with Gasteiger partial charge in [0.15, 0.2) is 0 Å². The van der Waals surface area contributed by atoms with Crippen LogP contribution in [0.15, 0.2) is 24.8 Å². The molecule has 1 aliphatic heterocycles. The Morgan fingerprint density at radius 1 is 1.38 bits per heavy atom. The molecule has 0 radical (unpaired) electrons. The quantitative estimate of drug-likeness (QED) is 0.880. The normalized spacial score (nSPS) is 16.1. The lowest BCUT2D eigenvalue weighted by molar-refractivity contribution is -0.117. The van der Waals surface area contributed by atoms with Gasteiger partial charge in [-0.2, -0.15) is 5.10 Å². The summed E-state index contributed by atoms with van der Waals surface area (Å²) < 4.78 is 7.51. The lowest BCUT2D eigenvalue weighted by Gasteiger charge is -2.31. The number of aryl methyl sites for hydroxylation is 2. The van der Waals surface area contributed by atoms with Crippen molar-refractivity contribution in [3.05, 3.63) is 30.5 Å². The van der Waals surface area contributed by atoms with Gasteiger partial charge >= 0.3 is 0 Å². The van der Waals surface area contributed by atoms with Gasteiger partial charge in [-0.1, -0.05) is 0 Å². The van der Waals surface area contributed by atoms with E-state index < -0.39 is 0 Å². The first-order chi connectivity index (χ1) is 11.6. The summed E-state index contributed by atoms with van der Waals surface area (Å²) >= 11 is 0. The summed E-state index contributed by atoms with van der Waals surface area (Å²) in [6.45, 7) is 3.91. The third-order valence-electron chi connectivity index (χ3n) is 4.02. The van der Waals surface area contributed by atoms with Gasteiger partial charge in [-0.05, 0) is 19.8 Å². The topological polar surface area (TPSA) is 85.2 Å². The summed E-state index contributed by atoms with van der Waals surface area (Å²) in [6, 6.07) is 0. The second-order valence-electron chi connectivity index (χ2n) is 5.99. The monoisotopic (exact) mass is 330 g/mol. The maximum Gasteiger partial charge on any atom is 0.238 e. The zero-order valence-corrected chi connectivity index (χ0v) is 14.0. The molecule has 1 aliphatic rings. The number of aromatic nitrogens is 4. The van der Waals surface area contributed by atoms with Crippen LogP contribution in [-0.2, 0) is 11.8 Å².